The van der Waals surface area contributed by atoms with E-state index in [1.54, 1.807) is 0 Å². The number of rotatable bonds is 5. The third kappa shape index (κ3) is 2.89. The van der Waals surface area contributed by atoms with E-state index in [1.807, 2.05) is 26.0 Å². The molecule has 0 saturated heterocycles. The molecule has 2 rings (SSSR count). The van der Waals surface area contributed by atoms with Crippen molar-refractivity contribution in [2.75, 3.05) is 24.2 Å². The largest absolute Gasteiger partial charge is 0.489 e. The standard InChI is InChI=1S/C15H24N2O/c1-11(2)18-14-9-5-8-13(15(14)16)17(3)10-12-6-4-7-12/h5,8-9,11-12H,4,6-7,10,16H2,1-3H3. The monoisotopic (exact) mass is 248 g/mol. The summed E-state index contributed by atoms with van der Waals surface area (Å²) in [5.74, 6) is 1.63. The Morgan fingerprint density at radius 1 is 1.39 bits per heavy atom. The summed E-state index contributed by atoms with van der Waals surface area (Å²) in [5, 5.41) is 0. The number of benzene rings is 1. The van der Waals surface area contributed by atoms with Crippen LogP contribution in [0.5, 0.6) is 5.75 Å². The van der Waals surface area contributed by atoms with E-state index < -0.39 is 0 Å². The topological polar surface area (TPSA) is 38.5 Å². The van der Waals surface area contributed by atoms with E-state index in [-0.39, 0.29) is 6.10 Å². The van der Waals surface area contributed by atoms with Crippen LogP contribution in [0.15, 0.2) is 18.2 Å². The van der Waals surface area contributed by atoms with E-state index >= 15 is 0 Å². The minimum Gasteiger partial charge on any atom is -0.489 e. The molecule has 0 unspecified atom stereocenters. The summed E-state index contributed by atoms with van der Waals surface area (Å²) in [6.07, 6.45) is 4.24. The van der Waals surface area contributed by atoms with E-state index in [9.17, 15) is 0 Å². The lowest BCUT2D eigenvalue weighted by Gasteiger charge is -2.32. The Kier molecular flexibility index (Phi) is 4.00. The highest BCUT2D eigenvalue weighted by molar-refractivity contribution is 5.73. The zero-order valence-electron chi connectivity index (χ0n) is 11.6. The lowest BCUT2D eigenvalue weighted by atomic mass is 9.85. The Morgan fingerprint density at radius 3 is 2.67 bits per heavy atom. The second-order valence-corrected chi connectivity index (χ2v) is 5.53. The Balaban J connectivity index is 2.10. The van der Waals surface area contributed by atoms with Crippen molar-refractivity contribution in [2.45, 2.75) is 39.2 Å². The molecular weight excluding hydrogens is 224 g/mol. The molecule has 0 heterocycles. The quantitative estimate of drug-likeness (QED) is 0.813. The molecule has 0 aromatic heterocycles. The van der Waals surface area contributed by atoms with Gasteiger partial charge < -0.3 is 15.4 Å². The number of nitrogens with zero attached hydrogens (tertiary/aromatic N) is 1. The van der Waals surface area contributed by atoms with Gasteiger partial charge in [0.25, 0.3) is 0 Å². The summed E-state index contributed by atoms with van der Waals surface area (Å²) in [5.41, 5.74) is 8.04. The smallest absolute Gasteiger partial charge is 0.144 e. The summed E-state index contributed by atoms with van der Waals surface area (Å²) in [6.45, 7) is 5.13. The number of hydrogen-bond acceptors (Lipinski definition) is 3. The van der Waals surface area contributed by atoms with Gasteiger partial charge in [-0.2, -0.15) is 0 Å². The fraction of sp³-hybridized carbons (Fsp3) is 0.600. The molecular formula is C15H24N2O. The SMILES string of the molecule is CC(C)Oc1cccc(N(C)CC2CCC2)c1N. The Hall–Kier alpha value is -1.38. The molecule has 3 heteroatoms. The highest BCUT2D eigenvalue weighted by Gasteiger charge is 2.20. The maximum atomic E-state index is 6.20. The molecule has 3 nitrogen and oxygen atoms in total. The lowest BCUT2D eigenvalue weighted by molar-refractivity contribution is 0.244. The Labute approximate surface area is 110 Å². The van der Waals surface area contributed by atoms with Gasteiger partial charge in [0.1, 0.15) is 5.75 Å². The number of nitrogen functional groups attached to an aromatic ring is 1. The van der Waals surface area contributed by atoms with Gasteiger partial charge in [0.2, 0.25) is 0 Å². The van der Waals surface area contributed by atoms with Crippen LogP contribution in [0, 0.1) is 5.92 Å². The maximum absolute atomic E-state index is 6.20. The highest BCUT2D eigenvalue weighted by Crippen LogP contribution is 2.34. The predicted molar refractivity (Wildman–Crippen MR) is 77.2 cm³/mol. The van der Waals surface area contributed by atoms with Gasteiger partial charge in [0, 0.05) is 13.6 Å². The molecule has 1 saturated carbocycles. The van der Waals surface area contributed by atoms with E-state index in [2.05, 4.69) is 18.0 Å². The van der Waals surface area contributed by atoms with Crippen molar-refractivity contribution in [2.24, 2.45) is 5.92 Å². The van der Waals surface area contributed by atoms with Crippen molar-refractivity contribution in [1.29, 1.82) is 0 Å². The average molecular weight is 248 g/mol. The van der Waals surface area contributed by atoms with Crippen LogP contribution >= 0.6 is 0 Å². The number of nitrogens with two attached hydrogens (primary N) is 1. The van der Waals surface area contributed by atoms with Gasteiger partial charge in [0.15, 0.2) is 0 Å². The molecule has 0 aliphatic heterocycles. The number of hydrogen-bond donors (Lipinski definition) is 1. The number of anilines is 2. The molecule has 2 N–H and O–H groups in total. The number of ether oxygens (including phenoxy) is 1. The predicted octanol–water partition coefficient (Wildman–Crippen LogP) is 3.29. The van der Waals surface area contributed by atoms with Gasteiger partial charge in [-0.1, -0.05) is 12.5 Å². The maximum Gasteiger partial charge on any atom is 0.144 e. The van der Waals surface area contributed by atoms with Crippen LogP contribution in [0.4, 0.5) is 11.4 Å². The van der Waals surface area contributed by atoms with E-state index in [0.717, 1.165) is 29.6 Å². The van der Waals surface area contributed by atoms with Crippen molar-refractivity contribution >= 4 is 11.4 Å². The molecule has 100 valence electrons. The third-order valence-electron chi connectivity index (χ3n) is 3.57. The first-order chi connectivity index (χ1) is 8.58. The lowest BCUT2D eigenvalue weighted by Crippen LogP contribution is -2.29. The summed E-state index contributed by atoms with van der Waals surface area (Å²) in [4.78, 5) is 2.26. The molecule has 1 aliphatic rings. The summed E-state index contributed by atoms with van der Waals surface area (Å²) >= 11 is 0. The fourth-order valence-corrected chi connectivity index (χ4v) is 2.38. The van der Waals surface area contributed by atoms with E-state index in [4.69, 9.17) is 10.5 Å². The number of para-hydroxylation sites is 1. The van der Waals surface area contributed by atoms with Crippen molar-refractivity contribution in [3.63, 3.8) is 0 Å². The van der Waals surface area contributed by atoms with E-state index in [0.29, 0.717) is 0 Å². The van der Waals surface area contributed by atoms with Gasteiger partial charge in [-0.3, -0.25) is 0 Å². The average Bonchev–Trinajstić information content (AvgIpc) is 2.25. The zero-order chi connectivity index (χ0) is 13.1. The molecule has 0 amide bonds. The van der Waals surface area contributed by atoms with Gasteiger partial charge in [0.05, 0.1) is 17.5 Å². The van der Waals surface area contributed by atoms with Crippen LogP contribution in [0.3, 0.4) is 0 Å². The van der Waals surface area contributed by atoms with Crippen molar-refractivity contribution in [3.8, 4) is 5.75 Å². The minimum atomic E-state index is 0.152. The normalized spacial score (nSPS) is 15.6. The van der Waals surface area contributed by atoms with Crippen LogP contribution < -0.4 is 15.4 Å². The first-order valence-corrected chi connectivity index (χ1v) is 6.84. The second kappa shape index (κ2) is 5.51. The minimum absolute atomic E-state index is 0.152. The molecule has 0 atom stereocenters. The molecule has 0 radical (unpaired) electrons. The fourth-order valence-electron chi connectivity index (χ4n) is 2.38. The van der Waals surface area contributed by atoms with Crippen LogP contribution in [0.25, 0.3) is 0 Å². The highest BCUT2D eigenvalue weighted by atomic mass is 16.5. The van der Waals surface area contributed by atoms with Crippen molar-refractivity contribution < 1.29 is 4.74 Å². The van der Waals surface area contributed by atoms with Gasteiger partial charge in [-0.25, -0.2) is 0 Å². The Morgan fingerprint density at radius 2 is 2.11 bits per heavy atom. The molecule has 0 spiro atoms. The van der Waals surface area contributed by atoms with Crippen molar-refractivity contribution in [3.05, 3.63) is 18.2 Å². The second-order valence-electron chi connectivity index (χ2n) is 5.53. The molecule has 1 aromatic carbocycles. The first-order valence-electron chi connectivity index (χ1n) is 6.84. The van der Waals surface area contributed by atoms with Gasteiger partial charge >= 0.3 is 0 Å². The van der Waals surface area contributed by atoms with E-state index in [1.165, 1.54) is 19.3 Å². The van der Waals surface area contributed by atoms with Crippen LogP contribution in [0.2, 0.25) is 0 Å². The van der Waals surface area contributed by atoms with Gasteiger partial charge in [-0.15, -0.1) is 0 Å². The molecule has 1 aromatic rings. The van der Waals surface area contributed by atoms with Crippen LogP contribution in [-0.2, 0) is 0 Å². The van der Waals surface area contributed by atoms with Crippen LogP contribution in [0.1, 0.15) is 33.1 Å². The Bertz CT molecular complexity index is 399. The van der Waals surface area contributed by atoms with Crippen molar-refractivity contribution in [1.82, 2.24) is 0 Å². The third-order valence-corrected chi connectivity index (χ3v) is 3.57. The molecule has 18 heavy (non-hydrogen) atoms. The van der Waals surface area contributed by atoms with Crippen LogP contribution in [-0.4, -0.2) is 19.7 Å². The zero-order valence-corrected chi connectivity index (χ0v) is 11.6. The molecule has 1 fully saturated rings. The summed E-state index contributed by atoms with van der Waals surface area (Å²) in [7, 11) is 2.11. The van der Waals surface area contributed by atoms with Gasteiger partial charge in [-0.05, 0) is 44.7 Å². The first kappa shape index (κ1) is 13.1. The molecule has 0 bridgehead atoms. The summed E-state index contributed by atoms with van der Waals surface area (Å²) in [6, 6.07) is 6.03. The summed E-state index contributed by atoms with van der Waals surface area (Å²) < 4.78 is 5.73. The molecule has 1 aliphatic carbocycles.